The summed E-state index contributed by atoms with van der Waals surface area (Å²) in [7, 11) is 0.867. The Hall–Kier alpha value is -4.52. The topological polar surface area (TPSA) is 54.8 Å². The summed E-state index contributed by atoms with van der Waals surface area (Å²) < 4.78 is 275. The van der Waals surface area contributed by atoms with Gasteiger partial charge >= 0.3 is 6.18 Å². The van der Waals surface area contributed by atoms with Gasteiger partial charge in [-0.25, -0.2) is 8.78 Å². The van der Waals surface area contributed by atoms with Crippen molar-refractivity contribution in [3.63, 3.8) is 0 Å². The van der Waals surface area contributed by atoms with Crippen LogP contribution in [-0.4, -0.2) is 59.6 Å². The van der Waals surface area contributed by atoms with E-state index in [1.165, 1.54) is 0 Å². The number of fused-ring (bicyclic) bond motifs is 1. The SMILES string of the molecule is [2H]c1c([2H])c(F)c(F)c(C([2H])([2H])Sc2c([2H])c(=O)c3c([2H])c(C)c([2H])c([2H])c3n2CC(=O)N(C2CCN(C([2H])([2H])C([2H])([2H])OC)CC2)C([2H])([2H])c2c([2H])c([2H])c(-c3c([2H])c([2H])c(C(F)(F)F)c([2H])c3[2H])c([2H])c2[2H])c1[2H]. The molecule has 5 aromatic rings. The molecule has 0 saturated carbocycles. The third-order valence-electron chi connectivity index (χ3n) is 7.62. The van der Waals surface area contributed by atoms with Crippen LogP contribution in [0.3, 0.4) is 0 Å². The number of methoxy groups -OCH3 is 1. The van der Waals surface area contributed by atoms with Crippen LogP contribution in [0.5, 0.6) is 0 Å². The molecular formula is C41H40F5N3O3S. The molecule has 1 fully saturated rings. The van der Waals surface area contributed by atoms with E-state index in [0.29, 0.717) is 4.57 Å². The number of hydrogen-bond acceptors (Lipinski definition) is 5. The van der Waals surface area contributed by atoms with Gasteiger partial charge in [0.25, 0.3) is 0 Å². The number of pyridine rings is 1. The van der Waals surface area contributed by atoms with E-state index in [9.17, 15) is 25.1 Å². The second-order valence-corrected chi connectivity index (χ2v) is 12.0. The van der Waals surface area contributed by atoms with Crippen LogP contribution in [-0.2, 0) is 34.5 Å². The molecule has 0 N–H and O–H groups in total. The van der Waals surface area contributed by atoms with Crippen molar-refractivity contribution in [2.24, 2.45) is 0 Å². The number of halogens is 5. The molecule has 1 aliphatic rings. The first-order chi connectivity index (χ1) is 34.7. The normalized spacial score (nSPS) is 21.5. The summed E-state index contributed by atoms with van der Waals surface area (Å²) in [5.41, 5.74) is -13.5. The fourth-order valence-electron chi connectivity index (χ4n) is 5.07. The van der Waals surface area contributed by atoms with Gasteiger partial charge < -0.3 is 19.1 Å². The molecule has 0 bridgehead atoms. The highest BCUT2D eigenvalue weighted by molar-refractivity contribution is 7.98. The molecule has 2 heterocycles. The van der Waals surface area contributed by atoms with E-state index in [0.717, 1.165) is 18.9 Å². The molecule has 1 saturated heterocycles. The maximum atomic E-state index is 15.6. The van der Waals surface area contributed by atoms with Crippen molar-refractivity contribution in [1.29, 1.82) is 0 Å². The maximum Gasteiger partial charge on any atom is 0.416 e. The average Bonchev–Trinajstić information content (AvgIpc) is 3.32. The van der Waals surface area contributed by atoms with Crippen LogP contribution in [0.15, 0.2) is 100 Å². The molecule has 1 aromatic heterocycles. The molecular weight excluding hydrogens is 710 g/mol. The van der Waals surface area contributed by atoms with Crippen molar-refractivity contribution in [2.45, 2.75) is 55.8 Å². The number of likely N-dealkylation sites (tertiary alicyclic amines) is 1. The quantitative estimate of drug-likeness (QED) is 0.0939. The van der Waals surface area contributed by atoms with E-state index >= 15 is 9.18 Å². The summed E-state index contributed by atoms with van der Waals surface area (Å²) in [6.07, 6.45) is -6.55. The van der Waals surface area contributed by atoms with Crippen LogP contribution >= 0.6 is 11.8 Å². The van der Waals surface area contributed by atoms with Gasteiger partial charge in [-0.3, -0.25) is 9.59 Å². The monoisotopic (exact) mass is 772 g/mol. The molecule has 1 amide bonds. The summed E-state index contributed by atoms with van der Waals surface area (Å²) >= 11 is -0.385. The Balaban J connectivity index is 1.65. The molecule has 6 rings (SSSR count). The van der Waals surface area contributed by atoms with Crippen LogP contribution in [0.1, 0.15) is 66.6 Å². The fraction of sp³-hybridized carbons (Fsp3) is 0.317. The number of alkyl halides is 3. The number of aromatic nitrogens is 1. The number of rotatable bonds is 12. The fourth-order valence-corrected chi connectivity index (χ4v) is 5.82. The molecule has 6 nitrogen and oxygen atoms in total. The Labute approximate surface area is 341 Å². The van der Waals surface area contributed by atoms with Gasteiger partial charge in [0.2, 0.25) is 5.91 Å². The van der Waals surface area contributed by atoms with Crippen LogP contribution in [0.2, 0.25) is 0 Å². The molecule has 0 aliphatic carbocycles. The maximum absolute atomic E-state index is 15.6. The van der Waals surface area contributed by atoms with E-state index in [1.807, 2.05) is 0 Å². The molecule has 1 aliphatic heterocycles. The number of nitrogens with zero attached hydrogens (tertiary/aromatic N) is 3. The Kier molecular flexibility index (Phi) is 5.87. The van der Waals surface area contributed by atoms with Crippen LogP contribution in [0.25, 0.3) is 22.0 Å². The second-order valence-electron chi connectivity index (χ2n) is 11.2. The van der Waals surface area contributed by atoms with Crippen molar-refractivity contribution in [2.75, 3.05) is 33.3 Å². The first-order valence-electron chi connectivity index (χ1n) is 26.9. The molecule has 0 atom stereocenters. The number of carbonyl (C=O) groups excluding carboxylic acids is 1. The zero-order chi connectivity index (χ0) is 57.9. The van der Waals surface area contributed by atoms with Gasteiger partial charge in [0.1, 0.15) is 6.54 Å². The smallest absolute Gasteiger partial charge is 0.383 e. The number of piperidine rings is 1. The lowest BCUT2D eigenvalue weighted by Crippen LogP contribution is -2.48. The molecule has 4 aromatic carbocycles. The molecule has 0 spiro atoms. The minimum atomic E-state index is -5.45. The summed E-state index contributed by atoms with van der Waals surface area (Å²) in [5.74, 6) is -5.86. The highest BCUT2D eigenvalue weighted by atomic mass is 32.2. The van der Waals surface area contributed by atoms with Crippen molar-refractivity contribution in [1.82, 2.24) is 14.4 Å². The largest absolute Gasteiger partial charge is 0.416 e. The van der Waals surface area contributed by atoms with Gasteiger partial charge in [-0.2, -0.15) is 13.2 Å². The predicted octanol–water partition coefficient (Wildman–Crippen LogP) is 8.71. The van der Waals surface area contributed by atoms with Gasteiger partial charge in [-0.15, -0.1) is 11.8 Å². The standard InChI is InChI=1S/C41H40F5N3O3S/c1-27-6-15-36-34(22-27)37(50)23-39(53-26-31-4-3-5-35(42)40(31)43)49(36)25-38(51)48(33-16-18-47(19-17-33)20-21-52-2)24-28-7-9-29(10-8-28)30-11-13-32(14-12-30)41(44,45)46/h3-15,22-23,33H,16-21,24-26H2,1-2H3/i3D,4D,5D,6D,7D,8D,9D,10D,11D,12D,13D,14D,15D,20D2,21D2,22D,23D,24D2,26D2. The van der Waals surface area contributed by atoms with Crippen molar-refractivity contribution < 1.29 is 63.0 Å². The lowest BCUT2D eigenvalue weighted by Gasteiger charge is -2.39. The molecule has 0 radical (unpaired) electrons. The number of carbonyl (C=O) groups is 1. The van der Waals surface area contributed by atoms with Crippen LogP contribution in [0.4, 0.5) is 22.0 Å². The summed E-state index contributed by atoms with van der Waals surface area (Å²) in [4.78, 5) is 30.6. The lowest BCUT2D eigenvalue weighted by atomic mass is 10.00. The first-order valence-corrected chi connectivity index (χ1v) is 16.2. The number of benzene rings is 4. The molecule has 53 heavy (non-hydrogen) atoms. The Morgan fingerprint density at radius 2 is 1.66 bits per heavy atom. The minimum Gasteiger partial charge on any atom is -0.383 e. The van der Waals surface area contributed by atoms with Gasteiger partial charge in [-0.05, 0) is 66.7 Å². The van der Waals surface area contributed by atoms with E-state index in [2.05, 4.69) is 0 Å². The number of amides is 1. The summed E-state index contributed by atoms with van der Waals surface area (Å²) in [6, 6.07) is -21.5. The van der Waals surface area contributed by atoms with Crippen molar-refractivity contribution >= 4 is 28.6 Å². The number of hydrogen-bond donors (Lipinski definition) is 0. The highest BCUT2D eigenvalue weighted by Crippen LogP contribution is 2.32. The number of ether oxygens (including phenoxy) is 1. The van der Waals surface area contributed by atoms with Gasteiger partial charge in [0, 0.05) is 67.4 Å². The van der Waals surface area contributed by atoms with Crippen LogP contribution in [0, 0.1) is 18.6 Å². The van der Waals surface area contributed by atoms with Crippen molar-refractivity contribution in [3.8, 4) is 11.1 Å². The van der Waals surface area contributed by atoms with E-state index in [4.69, 9.17) is 33.5 Å². The lowest BCUT2D eigenvalue weighted by molar-refractivity contribution is -0.137. The number of thioether (sulfide) groups is 1. The van der Waals surface area contributed by atoms with Crippen molar-refractivity contribution in [3.05, 3.63) is 135 Å². The van der Waals surface area contributed by atoms with Gasteiger partial charge in [-0.1, -0.05) is 59.9 Å². The summed E-state index contributed by atoms with van der Waals surface area (Å²) in [5, 5.41) is -1.94. The first kappa shape index (κ1) is 18.7. The molecule has 278 valence electrons. The molecule has 12 heteroatoms. The Bertz CT molecular complexity index is 3250. The predicted molar refractivity (Wildman–Crippen MR) is 198 cm³/mol. The Morgan fingerprint density at radius 1 is 0.981 bits per heavy atom. The zero-order valence-electron chi connectivity index (χ0n) is 50.5. The van der Waals surface area contributed by atoms with Gasteiger partial charge in [0.05, 0.1) is 48.7 Å². The van der Waals surface area contributed by atoms with Crippen LogP contribution < -0.4 is 5.43 Å². The zero-order valence-corrected chi connectivity index (χ0v) is 28.3. The second kappa shape index (κ2) is 16.7. The minimum absolute atomic E-state index is 0.274. The average molecular weight is 773 g/mol. The van der Waals surface area contributed by atoms with E-state index in [1.54, 1.807) is 0 Å². The summed E-state index contributed by atoms with van der Waals surface area (Å²) in [6.45, 7) is -11.1. The highest BCUT2D eigenvalue weighted by Gasteiger charge is 2.31. The van der Waals surface area contributed by atoms with E-state index < -0.39 is 227 Å². The third-order valence-corrected chi connectivity index (χ3v) is 8.44. The Morgan fingerprint density at radius 3 is 2.32 bits per heavy atom. The molecule has 0 unspecified atom stereocenters. The van der Waals surface area contributed by atoms with E-state index in [-0.39, 0.29) is 22.2 Å². The third kappa shape index (κ3) is 9.17. The van der Waals surface area contributed by atoms with Gasteiger partial charge in [0.15, 0.2) is 17.1 Å².